The van der Waals surface area contributed by atoms with Gasteiger partial charge in [0, 0.05) is 13.0 Å². The van der Waals surface area contributed by atoms with Gasteiger partial charge >= 0.3 is 0 Å². The molecule has 0 fully saturated rings. The zero-order valence-electron chi connectivity index (χ0n) is 11.8. The number of hydrogen-bond donors (Lipinski definition) is 2. The van der Waals surface area contributed by atoms with Crippen LogP contribution in [0.3, 0.4) is 0 Å². The van der Waals surface area contributed by atoms with Crippen molar-refractivity contribution in [1.82, 2.24) is 4.72 Å². The fraction of sp³-hybridized carbons (Fsp3) is 0.333. The standard InChI is InChI=1S/C15H16ClNO3S2/c16-13-5-6-14(21-13)22(19,20)17-10-15(18)8-7-11-3-1-2-4-12(11)9-15/h1-6,17-18H,7-10H2/t15-/m1/s1. The summed E-state index contributed by atoms with van der Waals surface area (Å²) in [4.78, 5) is 0. The SMILES string of the molecule is O=S(=O)(NC[C@@]1(O)CCc2ccccc2C1)c1ccc(Cl)s1. The Morgan fingerprint density at radius 3 is 2.64 bits per heavy atom. The first-order chi connectivity index (χ1) is 10.4. The molecule has 0 amide bonds. The largest absolute Gasteiger partial charge is 0.388 e. The van der Waals surface area contributed by atoms with Crippen LogP contribution in [0.1, 0.15) is 17.5 Å². The van der Waals surface area contributed by atoms with Gasteiger partial charge in [0.25, 0.3) is 0 Å². The molecule has 1 aliphatic carbocycles. The number of fused-ring (bicyclic) bond motifs is 1. The first-order valence-electron chi connectivity index (χ1n) is 6.92. The number of benzene rings is 1. The first-order valence-corrected chi connectivity index (χ1v) is 9.60. The minimum atomic E-state index is -3.63. The summed E-state index contributed by atoms with van der Waals surface area (Å²) in [5.74, 6) is 0. The van der Waals surface area contributed by atoms with Crippen LogP contribution in [0.2, 0.25) is 4.34 Å². The topological polar surface area (TPSA) is 66.4 Å². The zero-order valence-corrected chi connectivity index (χ0v) is 14.1. The smallest absolute Gasteiger partial charge is 0.250 e. The molecule has 0 aliphatic heterocycles. The number of aryl methyl sites for hydroxylation is 1. The van der Waals surface area contributed by atoms with E-state index in [0.29, 0.717) is 17.2 Å². The second-order valence-electron chi connectivity index (χ2n) is 5.55. The van der Waals surface area contributed by atoms with Gasteiger partial charge < -0.3 is 5.11 Å². The molecule has 1 aromatic heterocycles. The molecular weight excluding hydrogens is 342 g/mol. The van der Waals surface area contributed by atoms with Gasteiger partial charge in [0.05, 0.1) is 9.94 Å². The minimum Gasteiger partial charge on any atom is -0.388 e. The van der Waals surface area contributed by atoms with Crippen LogP contribution in [-0.2, 0) is 22.9 Å². The van der Waals surface area contributed by atoms with E-state index in [0.717, 1.165) is 23.3 Å². The quantitative estimate of drug-likeness (QED) is 0.883. The van der Waals surface area contributed by atoms with Crippen LogP contribution >= 0.6 is 22.9 Å². The van der Waals surface area contributed by atoms with Gasteiger partial charge in [0.15, 0.2) is 0 Å². The minimum absolute atomic E-state index is 0.000807. The van der Waals surface area contributed by atoms with Gasteiger partial charge in [-0.25, -0.2) is 13.1 Å². The van der Waals surface area contributed by atoms with Crippen molar-refractivity contribution in [3.63, 3.8) is 0 Å². The summed E-state index contributed by atoms with van der Waals surface area (Å²) < 4.78 is 27.5. The number of rotatable bonds is 4. The Balaban J connectivity index is 1.71. The molecule has 2 aromatic rings. The fourth-order valence-electron chi connectivity index (χ4n) is 2.68. The highest BCUT2D eigenvalue weighted by Gasteiger charge is 2.33. The third-order valence-corrected chi connectivity index (χ3v) is 7.03. The summed E-state index contributed by atoms with van der Waals surface area (Å²) in [5, 5.41) is 10.7. The van der Waals surface area contributed by atoms with Crippen LogP contribution in [0, 0.1) is 0 Å². The number of thiophene rings is 1. The maximum atomic E-state index is 12.2. The molecule has 0 spiro atoms. The molecule has 0 saturated heterocycles. The van der Waals surface area contributed by atoms with Gasteiger partial charge in [-0.3, -0.25) is 0 Å². The molecule has 0 bridgehead atoms. The molecule has 22 heavy (non-hydrogen) atoms. The molecule has 4 nitrogen and oxygen atoms in total. The number of aliphatic hydroxyl groups is 1. The van der Waals surface area contributed by atoms with E-state index in [-0.39, 0.29) is 10.8 Å². The summed E-state index contributed by atoms with van der Waals surface area (Å²) in [6.07, 6.45) is 1.74. The average molecular weight is 358 g/mol. The Morgan fingerprint density at radius 2 is 1.95 bits per heavy atom. The first kappa shape index (κ1) is 16.0. The average Bonchev–Trinajstić information content (AvgIpc) is 2.93. The molecule has 118 valence electrons. The molecule has 1 aromatic carbocycles. The van der Waals surface area contributed by atoms with E-state index in [1.807, 2.05) is 24.3 Å². The van der Waals surface area contributed by atoms with Crippen molar-refractivity contribution in [2.24, 2.45) is 0 Å². The normalized spacial score (nSPS) is 21.5. The van der Waals surface area contributed by atoms with Crippen molar-refractivity contribution < 1.29 is 13.5 Å². The van der Waals surface area contributed by atoms with E-state index in [4.69, 9.17) is 11.6 Å². The molecule has 0 radical (unpaired) electrons. The van der Waals surface area contributed by atoms with E-state index >= 15 is 0 Å². The molecule has 2 N–H and O–H groups in total. The fourth-order valence-corrected chi connectivity index (χ4v) is 5.32. The lowest BCUT2D eigenvalue weighted by atomic mass is 9.80. The van der Waals surface area contributed by atoms with Crippen molar-refractivity contribution in [2.45, 2.75) is 29.1 Å². The maximum Gasteiger partial charge on any atom is 0.250 e. The van der Waals surface area contributed by atoms with Gasteiger partial charge in [0.2, 0.25) is 10.0 Å². The number of sulfonamides is 1. The Kier molecular flexibility index (Phi) is 4.31. The second-order valence-corrected chi connectivity index (χ2v) is 9.26. The lowest BCUT2D eigenvalue weighted by molar-refractivity contribution is 0.0317. The molecule has 1 aliphatic rings. The highest BCUT2D eigenvalue weighted by atomic mass is 35.5. The van der Waals surface area contributed by atoms with Crippen molar-refractivity contribution in [2.75, 3.05) is 6.54 Å². The molecule has 1 atom stereocenters. The lowest BCUT2D eigenvalue weighted by Crippen LogP contribution is -2.46. The molecule has 0 saturated carbocycles. The van der Waals surface area contributed by atoms with Crippen molar-refractivity contribution in [3.8, 4) is 0 Å². The maximum absolute atomic E-state index is 12.2. The summed E-state index contributed by atoms with van der Waals surface area (Å²) >= 11 is 6.78. The van der Waals surface area contributed by atoms with Crippen LogP contribution in [0.25, 0.3) is 0 Å². The van der Waals surface area contributed by atoms with E-state index in [2.05, 4.69) is 4.72 Å². The Labute approximate surface area is 138 Å². The Morgan fingerprint density at radius 1 is 1.23 bits per heavy atom. The summed E-state index contributed by atoms with van der Waals surface area (Å²) in [5.41, 5.74) is 1.25. The van der Waals surface area contributed by atoms with E-state index in [1.165, 1.54) is 11.6 Å². The summed E-state index contributed by atoms with van der Waals surface area (Å²) in [7, 11) is -3.63. The van der Waals surface area contributed by atoms with Crippen LogP contribution in [0.15, 0.2) is 40.6 Å². The predicted octanol–water partition coefficient (Wildman–Crippen LogP) is 2.60. The van der Waals surface area contributed by atoms with Gasteiger partial charge in [-0.1, -0.05) is 35.9 Å². The number of halogens is 1. The summed E-state index contributed by atoms with van der Waals surface area (Å²) in [6, 6.07) is 11.0. The lowest BCUT2D eigenvalue weighted by Gasteiger charge is -2.33. The van der Waals surface area contributed by atoms with Crippen LogP contribution in [0.4, 0.5) is 0 Å². The molecule has 3 rings (SSSR count). The van der Waals surface area contributed by atoms with Crippen molar-refractivity contribution in [1.29, 1.82) is 0 Å². The predicted molar refractivity (Wildman–Crippen MR) is 87.9 cm³/mol. The van der Waals surface area contributed by atoms with Gasteiger partial charge in [-0.05, 0) is 36.1 Å². The Hall–Kier alpha value is -0.920. The highest BCUT2D eigenvalue weighted by Crippen LogP contribution is 2.29. The Bertz CT molecular complexity index is 788. The number of nitrogens with one attached hydrogen (secondary N) is 1. The van der Waals surface area contributed by atoms with Gasteiger partial charge in [-0.15, -0.1) is 11.3 Å². The van der Waals surface area contributed by atoms with Gasteiger partial charge in [0.1, 0.15) is 4.21 Å². The van der Waals surface area contributed by atoms with Crippen LogP contribution in [0.5, 0.6) is 0 Å². The zero-order chi connectivity index (χ0) is 15.8. The molecule has 1 heterocycles. The van der Waals surface area contributed by atoms with E-state index < -0.39 is 15.6 Å². The second kappa shape index (κ2) is 5.94. The molecule has 7 heteroatoms. The van der Waals surface area contributed by atoms with E-state index in [9.17, 15) is 13.5 Å². The number of hydrogen-bond acceptors (Lipinski definition) is 4. The van der Waals surface area contributed by atoms with E-state index in [1.54, 1.807) is 6.07 Å². The van der Waals surface area contributed by atoms with Gasteiger partial charge in [-0.2, -0.15) is 0 Å². The summed E-state index contributed by atoms with van der Waals surface area (Å²) in [6.45, 7) is -0.000807. The monoisotopic (exact) mass is 357 g/mol. The van der Waals surface area contributed by atoms with Crippen LogP contribution < -0.4 is 4.72 Å². The molecule has 0 unspecified atom stereocenters. The highest BCUT2D eigenvalue weighted by molar-refractivity contribution is 7.91. The van der Waals surface area contributed by atoms with Crippen LogP contribution in [-0.4, -0.2) is 25.7 Å². The molecular formula is C15H16ClNO3S2. The third kappa shape index (κ3) is 3.36. The van der Waals surface area contributed by atoms with Crippen molar-refractivity contribution in [3.05, 3.63) is 51.9 Å². The van der Waals surface area contributed by atoms with Crippen molar-refractivity contribution >= 4 is 33.0 Å². The third-order valence-electron chi connectivity index (χ3n) is 3.90.